The maximum absolute atomic E-state index is 13.2. The molecule has 1 saturated heterocycles. The molecule has 2 rings (SSSR count). The number of anilines is 1. The Hall–Kier alpha value is -1.71. The summed E-state index contributed by atoms with van der Waals surface area (Å²) in [5.41, 5.74) is 0.272. The topological polar surface area (TPSA) is 79.0 Å². The molecule has 1 fully saturated rings. The van der Waals surface area contributed by atoms with Crippen LogP contribution in [0, 0.1) is 5.82 Å². The third kappa shape index (κ3) is 6.44. The Morgan fingerprint density at radius 3 is 2.48 bits per heavy atom. The van der Waals surface area contributed by atoms with Crippen molar-refractivity contribution in [1.82, 2.24) is 10.2 Å². The normalized spacial score (nSPS) is 16.7. The number of amides is 1. The maximum atomic E-state index is 13.2. The fourth-order valence-corrected chi connectivity index (χ4v) is 4.32. The van der Waals surface area contributed by atoms with Gasteiger partial charge in [-0.1, -0.05) is 6.92 Å². The molecule has 0 aromatic heterocycles. The van der Waals surface area contributed by atoms with Crippen LogP contribution >= 0.6 is 0 Å². The molecule has 0 spiro atoms. The van der Waals surface area contributed by atoms with E-state index in [2.05, 4.69) is 10.2 Å². The van der Waals surface area contributed by atoms with E-state index in [1.165, 1.54) is 24.3 Å². The summed E-state index contributed by atoms with van der Waals surface area (Å²) in [6, 6.07) is 4.21. The van der Waals surface area contributed by atoms with Gasteiger partial charge in [0.25, 0.3) is 0 Å². The van der Waals surface area contributed by atoms with Crippen LogP contribution in [0.3, 0.4) is 0 Å². The van der Waals surface area contributed by atoms with E-state index in [1.807, 2.05) is 0 Å². The zero-order valence-corrected chi connectivity index (χ0v) is 16.7. The summed E-state index contributed by atoms with van der Waals surface area (Å²) in [6.45, 7) is 6.30. The highest BCUT2D eigenvalue weighted by atomic mass is 32.2. The van der Waals surface area contributed by atoms with Gasteiger partial charge in [0.15, 0.2) is 0 Å². The minimum atomic E-state index is -3.71. The van der Waals surface area contributed by atoms with Crippen LogP contribution in [0.5, 0.6) is 0 Å². The minimum absolute atomic E-state index is 0.272. The van der Waals surface area contributed by atoms with Crippen LogP contribution in [0.15, 0.2) is 24.3 Å². The van der Waals surface area contributed by atoms with E-state index in [0.29, 0.717) is 13.0 Å². The van der Waals surface area contributed by atoms with E-state index in [-0.39, 0.29) is 11.6 Å². The Morgan fingerprint density at radius 1 is 1.30 bits per heavy atom. The number of hydrogen-bond acceptors (Lipinski definition) is 5. The molecule has 1 aliphatic rings. The van der Waals surface area contributed by atoms with E-state index in [1.54, 1.807) is 6.92 Å². The van der Waals surface area contributed by atoms with E-state index in [9.17, 15) is 17.6 Å². The summed E-state index contributed by atoms with van der Waals surface area (Å²) in [5.74, 6) is -0.818. The fraction of sp³-hybridized carbons (Fsp3) is 0.611. The van der Waals surface area contributed by atoms with Crippen LogP contribution in [0.4, 0.5) is 10.1 Å². The van der Waals surface area contributed by atoms with Crippen LogP contribution in [-0.4, -0.2) is 70.9 Å². The van der Waals surface area contributed by atoms with Gasteiger partial charge in [0.05, 0.1) is 25.2 Å². The number of halogens is 1. The molecule has 1 aromatic rings. The molecule has 0 aliphatic carbocycles. The Balaban J connectivity index is 1.98. The molecule has 9 heteroatoms. The monoisotopic (exact) mass is 401 g/mol. The number of morpholine rings is 1. The predicted molar refractivity (Wildman–Crippen MR) is 103 cm³/mol. The Bertz CT molecular complexity index is 706. The standard InChI is InChI=1S/C18H28FN3O4S/c1-3-17(18(23)20-9-4-10-21-11-13-26-14-12-21)22(27(2,24)25)16-7-5-15(19)6-8-16/h5-8,17H,3-4,9-14H2,1-2H3,(H,20,23)/t17-/m0/s1. The van der Waals surface area contributed by atoms with Crippen molar-refractivity contribution in [2.45, 2.75) is 25.8 Å². The maximum Gasteiger partial charge on any atom is 0.243 e. The molecular weight excluding hydrogens is 373 g/mol. The highest BCUT2D eigenvalue weighted by Crippen LogP contribution is 2.22. The van der Waals surface area contributed by atoms with Crippen LogP contribution in [0.2, 0.25) is 0 Å². The second kappa shape index (κ2) is 10.0. The van der Waals surface area contributed by atoms with Gasteiger partial charge in [0.1, 0.15) is 11.9 Å². The molecule has 0 radical (unpaired) electrons. The van der Waals surface area contributed by atoms with E-state index >= 15 is 0 Å². The van der Waals surface area contributed by atoms with Gasteiger partial charge in [-0.05, 0) is 43.7 Å². The van der Waals surface area contributed by atoms with Gasteiger partial charge in [-0.2, -0.15) is 0 Å². The first-order valence-electron chi connectivity index (χ1n) is 9.15. The van der Waals surface area contributed by atoms with Crippen molar-refractivity contribution < 1.29 is 22.3 Å². The van der Waals surface area contributed by atoms with Gasteiger partial charge >= 0.3 is 0 Å². The van der Waals surface area contributed by atoms with Crippen molar-refractivity contribution in [2.24, 2.45) is 0 Å². The Morgan fingerprint density at radius 2 is 1.93 bits per heavy atom. The summed E-state index contributed by atoms with van der Waals surface area (Å²) in [6.07, 6.45) is 2.13. The number of carbonyl (C=O) groups is 1. The van der Waals surface area contributed by atoms with Gasteiger partial charge in [0.2, 0.25) is 15.9 Å². The van der Waals surface area contributed by atoms with Gasteiger partial charge in [-0.15, -0.1) is 0 Å². The van der Waals surface area contributed by atoms with Crippen LogP contribution in [0.1, 0.15) is 19.8 Å². The second-order valence-corrected chi connectivity index (χ2v) is 8.42. The molecule has 1 aromatic carbocycles. The molecule has 0 bridgehead atoms. The molecular formula is C18H28FN3O4S. The molecule has 152 valence electrons. The molecule has 1 atom stereocenters. The van der Waals surface area contributed by atoms with Crippen molar-refractivity contribution >= 4 is 21.6 Å². The van der Waals surface area contributed by atoms with Gasteiger partial charge in [0, 0.05) is 19.6 Å². The van der Waals surface area contributed by atoms with E-state index in [4.69, 9.17) is 4.74 Å². The fourth-order valence-electron chi connectivity index (χ4n) is 3.11. The van der Waals surface area contributed by atoms with Gasteiger partial charge in [-0.3, -0.25) is 14.0 Å². The molecule has 1 amide bonds. The first-order chi connectivity index (χ1) is 12.8. The highest BCUT2D eigenvalue weighted by Gasteiger charge is 2.31. The molecule has 1 N–H and O–H groups in total. The summed E-state index contributed by atoms with van der Waals surface area (Å²) >= 11 is 0. The lowest BCUT2D eigenvalue weighted by Crippen LogP contribution is -2.49. The largest absolute Gasteiger partial charge is 0.379 e. The van der Waals surface area contributed by atoms with E-state index in [0.717, 1.165) is 49.8 Å². The molecule has 0 saturated carbocycles. The molecule has 1 aliphatic heterocycles. The number of hydrogen-bond donors (Lipinski definition) is 1. The number of sulfonamides is 1. The molecule has 27 heavy (non-hydrogen) atoms. The smallest absolute Gasteiger partial charge is 0.243 e. The van der Waals surface area contributed by atoms with Crippen LogP contribution in [-0.2, 0) is 19.6 Å². The number of carbonyl (C=O) groups excluding carboxylic acids is 1. The zero-order chi connectivity index (χ0) is 19.9. The third-order valence-corrected chi connectivity index (χ3v) is 5.64. The third-order valence-electron chi connectivity index (χ3n) is 4.46. The average molecular weight is 402 g/mol. The Kier molecular flexibility index (Phi) is 8.00. The summed E-state index contributed by atoms with van der Waals surface area (Å²) in [4.78, 5) is 14.9. The second-order valence-electron chi connectivity index (χ2n) is 6.56. The van der Waals surface area contributed by atoms with Crippen molar-refractivity contribution in [2.75, 3.05) is 50.0 Å². The Labute approximate surface area is 160 Å². The lowest BCUT2D eigenvalue weighted by Gasteiger charge is -2.30. The number of nitrogens with zero attached hydrogens (tertiary/aromatic N) is 2. The number of ether oxygens (including phenoxy) is 1. The average Bonchev–Trinajstić information content (AvgIpc) is 2.64. The number of rotatable bonds is 9. The lowest BCUT2D eigenvalue weighted by atomic mass is 10.2. The van der Waals surface area contributed by atoms with Crippen LogP contribution < -0.4 is 9.62 Å². The van der Waals surface area contributed by atoms with Crippen LogP contribution in [0.25, 0.3) is 0 Å². The van der Waals surface area contributed by atoms with Gasteiger partial charge in [-0.25, -0.2) is 12.8 Å². The number of benzene rings is 1. The first kappa shape index (κ1) is 21.6. The molecule has 7 nitrogen and oxygen atoms in total. The summed E-state index contributed by atoms with van der Waals surface area (Å²) in [5, 5.41) is 2.83. The quantitative estimate of drug-likeness (QED) is 0.630. The van der Waals surface area contributed by atoms with Crippen molar-refractivity contribution in [1.29, 1.82) is 0 Å². The van der Waals surface area contributed by atoms with Crippen molar-refractivity contribution in [3.05, 3.63) is 30.1 Å². The summed E-state index contributed by atoms with van der Waals surface area (Å²) in [7, 11) is -3.71. The lowest BCUT2D eigenvalue weighted by molar-refractivity contribution is -0.122. The predicted octanol–water partition coefficient (Wildman–Crippen LogP) is 1.21. The minimum Gasteiger partial charge on any atom is -0.379 e. The zero-order valence-electron chi connectivity index (χ0n) is 15.9. The van der Waals surface area contributed by atoms with Crippen molar-refractivity contribution in [3.63, 3.8) is 0 Å². The number of nitrogens with one attached hydrogen (secondary N) is 1. The summed E-state index contributed by atoms with van der Waals surface area (Å²) < 4.78 is 44.1. The van der Waals surface area contributed by atoms with Crippen molar-refractivity contribution in [3.8, 4) is 0 Å². The molecule has 0 unspecified atom stereocenters. The van der Waals surface area contributed by atoms with E-state index < -0.39 is 21.9 Å². The highest BCUT2D eigenvalue weighted by molar-refractivity contribution is 7.92. The first-order valence-corrected chi connectivity index (χ1v) is 11.0. The van der Waals surface area contributed by atoms with Gasteiger partial charge < -0.3 is 10.1 Å². The SMILES string of the molecule is CC[C@@H](C(=O)NCCCN1CCOCC1)N(c1ccc(F)cc1)S(C)(=O)=O. The molecule has 1 heterocycles.